The van der Waals surface area contributed by atoms with E-state index in [9.17, 15) is 10.1 Å². The van der Waals surface area contributed by atoms with E-state index in [1.165, 1.54) is 11.6 Å². The Bertz CT molecular complexity index is 1500. The molecule has 2 aromatic carbocycles. The third-order valence-electron chi connectivity index (χ3n) is 6.88. The molecule has 0 spiro atoms. The van der Waals surface area contributed by atoms with Crippen LogP contribution in [0.25, 0.3) is 22.2 Å². The molecule has 0 amide bonds. The van der Waals surface area contributed by atoms with Crippen LogP contribution < -0.4 is 10.2 Å². The van der Waals surface area contributed by atoms with Gasteiger partial charge in [-0.25, -0.2) is 14.4 Å². The summed E-state index contributed by atoms with van der Waals surface area (Å²) in [4.78, 5) is 24.1. The van der Waals surface area contributed by atoms with Crippen LogP contribution in [0.4, 0.5) is 27.4 Å². The number of benzene rings is 2. The van der Waals surface area contributed by atoms with Gasteiger partial charge < -0.3 is 19.7 Å². The van der Waals surface area contributed by atoms with Crippen LogP contribution in [0, 0.1) is 22.9 Å². The molecule has 10 heteroatoms. The van der Waals surface area contributed by atoms with E-state index in [2.05, 4.69) is 25.9 Å². The van der Waals surface area contributed by atoms with Crippen molar-refractivity contribution >= 4 is 33.9 Å². The van der Waals surface area contributed by atoms with Gasteiger partial charge in [0.1, 0.15) is 11.4 Å². The van der Waals surface area contributed by atoms with Gasteiger partial charge in [-0.3, -0.25) is 10.1 Å². The zero-order chi connectivity index (χ0) is 26.3. The van der Waals surface area contributed by atoms with Gasteiger partial charge in [0.05, 0.1) is 22.3 Å². The number of hydrogen-bond acceptors (Lipinski definition) is 7. The van der Waals surface area contributed by atoms with Crippen molar-refractivity contribution < 1.29 is 9.31 Å². The van der Waals surface area contributed by atoms with Crippen molar-refractivity contribution in [1.82, 2.24) is 19.4 Å². The van der Waals surface area contributed by atoms with Gasteiger partial charge in [-0.05, 0) is 51.1 Å². The van der Waals surface area contributed by atoms with Gasteiger partial charge in [0.25, 0.3) is 5.69 Å². The van der Waals surface area contributed by atoms with Crippen LogP contribution in [-0.4, -0.2) is 58.6 Å². The fourth-order valence-electron chi connectivity index (χ4n) is 4.92. The maximum atomic E-state index is 15.0. The van der Waals surface area contributed by atoms with Crippen LogP contribution in [0.5, 0.6) is 0 Å². The van der Waals surface area contributed by atoms with E-state index in [1.54, 1.807) is 6.07 Å². The van der Waals surface area contributed by atoms with E-state index < -0.39 is 10.7 Å². The molecule has 0 radical (unpaired) electrons. The average molecular weight is 504 g/mol. The van der Waals surface area contributed by atoms with E-state index in [-0.39, 0.29) is 17.3 Å². The molecule has 0 saturated carbocycles. The SMILES string of the molecule is Cc1cc(N(C)CCN(C)C)c([N+](=O)[O-])cc1Nc1ncc(F)c(-c2cn3c4c(cccc24)CCC3)n1. The summed E-state index contributed by atoms with van der Waals surface area (Å²) in [5.74, 6) is -0.343. The number of para-hydroxylation sites is 1. The molecule has 5 rings (SSSR count). The number of nitrogens with one attached hydrogen (secondary N) is 1. The number of nitrogens with zero attached hydrogens (tertiary/aromatic N) is 6. The molecule has 1 aliphatic heterocycles. The first kappa shape index (κ1) is 24.6. The number of nitro benzene ring substituents is 1. The third-order valence-corrected chi connectivity index (χ3v) is 6.88. The van der Waals surface area contributed by atoms with Crippen molar-refractivity contribution in [3.8, 4) is 11.3 Å². The summed E-state index contributed by atoms with van der Waals surface area (Å²) >= 11 is 0. The topological polar surface area (TPSA) is 92.4 Å². The van der Waals surface area contributed by atoms with Gasteiger partial charge in [0, 0.05) is 49.9 Å². The van der Waals surface area contributed by atoms with Crippen LogP contribution in [0.3, 0.4) is 0 Å². The Morgan fingerprint density at radius 1 is 1.22 bits per heavy atom. The molecule has 0 atom stereocenters. The summed E-state index contributed by atoms with van der Waals surface area (Å²) in [5.41, 5.74) is 5.08. The number of likely N-dealkylation sites (N-methyl/N-ethyl adjacent to an activating group) is 2. The maximum Gasteiger partial charge on any atom is 0.294 e. The quantitative estimate of drug-likeness (QED) is 0.263. The third kappa shape index (κ3) is 4.72. The predicted molar refractivity (Wildman–Crippen MR) is 144 cm³/mol. The second-order valence-electron chi connectivity index (χ2n) is 9.81. The normalized spacial score (nSPS) is 12.8. The molecular formula is C27H30FN7O2. The Labute approximate surface area is 214 Å². The highest BCUT2D eigenvalue weighted by molar-refractivity contribution is 5.97. The lowest BCUT2D eigenvalue weighted by Crippen LogP contribution is -2.29. The number of anilines is 3. The van der Waals surface area contributed by atoms with Crippen molar-refractivity contribution in [3.63, 3.8) is 0 Å². The molecule has 2 aromatic heterocycles. The van der Waals surface area contributed by atoms with E-state index >= 15 is 4.39 Å². The molecule has 0 aliphatic carbocycles. The number of hydrogen-bond donors (Lipinski definition) is 1. The minimum absolute atomic E-state index is 0.0225. The smallest absolute Gasteiger partial charge is 0.294 e. The first-order chi connectivity index (χ1) is 17.7. The van der Waals surface area contributed by atoms with Gasteiger partial charge >= 0.3 is 0 Å². The zero-order valence-electron chi connectivity index (χ0n) is 21.5. The molecule has 1 N–H and O–H groups in total. The molecule has 0 saturated heterocycles. The van der Waals surface area contributed by atoms with E-state index in [0.29, 0.717) is 23.5 Å². The summed E-state index contributed by atoms with van der Waals surface area (Å²) in [6.45, 7) is 4.14. The Balaban J connectivity index is 1.51. The zero-order valence-corrected chi connectivity index (χ0v) is 21.5. The van der Waals surface area contributed by atoms with Crippen molar-refractivity contribution in [1.29, 1.82) is 0 Å². The van der Waals surface area contributed by atoms with E-state index in [0.717, 1.165) is 48.6 Å². The van der Waals surface area contributed by atoms with Crippen LogP contribution in [0.1, 0.15) is 17.5 Å². The van der Waals surface area contributed by atoms with Gasteiger partial charge in [-0.15, -0.1) is 0 Å². The summed E-state index contributed by atoms with van der Waals surface area (Å²) in [5, 5.41) is 16.0. The molecule has 192 valence electrons. The van der Waals surface area contributed by atoms with E-state index in [4.69, 9.17) is 0 Å². The maximum absolute atomic E-state index is 15.0. The Morgan fingerprint density at radius 2 is 2.03 bits per heavy atom. The van der Waals surface area contributed by atoms with Crippen molar-refractivity contribution in [2.24, 2.45) is 0 Å². The minimum Gasteiger partial charge on any atom is -0.368 e. The molecule has 37 heavy (non-hydrogen) atoms. The van der Waals surface area contributed by atoms with Crippen LogP contribution in [-0.2, 0) is 13.0 Å². The Hall–Kier alpha value is -4.05. The van der Waals surface area contributed by atoms with Crippen LogP contribution in [0.2, 0.25) is 0 Å². The Morgan fingerprint density at radius 3 is 2.78 bits per heavy atom. The highest BCUT2D eigenvalue weighted by Gasteiger charge is 2.22. The molecule has 0 unspecified atom stereocenters. The van der Waals surface area contributed by atoms with Crippen molar-refractivity contribution in [3.05, 3.63) is 69.8 Å². The number of aryl methyl sites for hydroxylation is 3. The summed E-state index contributed by atoms with van der Waals surface area (Å²) in [6, 6.07) is 9.37. The van der Waals surface area contributed by atoms with Gasteiger partial charge in [0.2, 0.25) is 5.95 Å². The lowest BCUT2D eigenvalue weighted by molar-refractivity contribution is -0.384. The second-order valence-corrected chi connectivity index (χ2v) is 9.81. The number of aromatic nitrogens is 3. The summed E-state index contributed by atoms with van der Waals surface area (Å²) in [7, 11) is 5.76. The minimum atomic E-state index is -0.519. The average Bonchev–Trinajstić information content (AvgIpc) is 3.25. The van der Waals surface area contributed by atoms with Crippen molar-refractivity contribution in [2.45, 2.75) is 26.3 Å². The van der Waals surface area contributed by atoms with Crippen LogP contribution >= 0.6 is 0 Å². The van der Waals surface area contributed by atoms with Gasteiger partial charge in [-0.1, -0.05) is 18.2 Å². The fourth-order valence-corrected chi connectivity index (χ4v) is 4.92. The predicted octanol–water partition coefficient (Wildman–Crippen LogP) is 5.14. The largest absolute Gasteiger partial charge is 0.368 e. The monoisotopic (exact) mass is 503 g/mol. The summed E-state index contributed by atoms with van der Waals surface area (Å²) in [6.07, 6.45) is 5.14. The molecular weight excluding hydrogens is 473 g/mol. The molecule has 4 aromatic rings. The number of nitro groups is 1. The second kappa shape index (κ2) is 9.78. The van der Waals surface area contributed by atoms with Crippen molar-refractivity contribution in [2.75, 3.05) is 44.4 Å². The molecule has 3 heterocycles. The lowest BCUT2D eigenvalue weighted by Gasteiger charge is -2.22. The van der Waals surface area contributed by atoms with Gasteiger partial charge in [0.15, 0.2) is 5.82 Å². The Kier molecular flexibility index (Phi) is 6.51. The van der Waals surface area contributed by atoms with Gasteiger partial charge in [-0.2, -0.15) is 0 Å². The molecule has 0 bridgehead atoms. The number of rotatable bonds is 8. The standard InChI is InChI=1S/C27H30FN7O2/c1-17-13-23(33(4)12-11-32(2)3)24(35(36)37)14-22(17)30-27-29-15-21(28)25(31-27)20-16-34-10-6-8-18-7-5-9-19(20)26(18)34/h5,7,9,13-16H,6,8,10-12H2,1-4H3,(H,29,30,31). The first-order valence-corrected chi connectivity index (χ1v) is 12.3. The number of halogens is 1. The van der Waals surface area contributed by atoms with Crippen LogP contribution in [0.15, 0.2) is 42.7 Å². The molecule has 0 fully saturated rings. The summed E-state index contributed by atoms with van der Waals surface area (Å²) < 4.78 is 17.2. The molecule has 9 nitrogen and oxygen atoms in total. The van der Waals surface area contributed by atoms with E-state index in [1.807, 2.05) is 56.2 Å². The fraction of sp³-hybridized carbons (Fsp3) is 0.333. The molecule has 1 aliphatic rings. The highest BCUT2D eigenvalue weighted by atomic mass is 19.1. The first-order valence-electron chi connectivity index (χ1n) is 12.3. The lowest BCUT2D eigenvalue weighted by atomic mass is 10.0. The highest BCUT2D eigenvalue weighted by Crippen LogP contribution is 2.37.